The van der Waals surface area contributed by atoms with Crippen LogP contribution in [0, 0.1) is 0 Å². The first-order valence-corrected chi connectivity index (χ1v) is 7.28. The Balaban J connectivity index is 1.42. The third-order valence-electron chi connectivity index (χ3n) is 3.14. The van der Waals surface area contributed by atoms with Crippen molar-refractivity contribution in [1.82, 2.24) is 25.2 Å². The Hall–Kier alpha value is -2.76. The van der Waals surface area contributed by atoms with Gasteiger partial charge in [0.05, 0.1) is 13.2 Å². The van der Waals surface area contributed by atoms with Crippen molar-refractivity contribution >= 4 is 0 Å². The molecule has 6 nitrogen and oxygen atoms in total. The normalized spacial score (nSPS) is 10.5. The number of nitrogens with zero attached hydrogens (tertiary/aromatic N) is 5. The number of pyridine rings is 1. The van der Waals surface area contributed by atoms with E-state index in [0.717, 1.165) is 30.7 Å². The number of hydrogen-bond acceptors (Lipinski definition) is 5. The van der Waals surface area contributed by atoms with Gasteiger partial charge in [-0.05, 0) is 42.3 Å². The molecule has 0 saturated carbocycles. The van der Waals surface area contributed by atoms with E-state index in [1.165, 1.54) is 0 Å². The molecular weight excluding hydrogens is 278 g/mol. The van der Waals surface area contributed by atoms with E-state index in [-0.39, 0.29) is 0 Å². The molecule has 0 aliphatic carbocycles. The third kappa shape index (κ3) is 3.88. The molecule has 3 rings (SSSR count). The topological polar surface area (TPSA) is 65.7 Å². The molecule has 0 bridgehead atoms. The van der Waals surface area contributed by atoms with Crippen molar-refractivity contribution in [2.24, 2.45) is 0 Å². The fourth-order valence-electron chi connectivity index (χ4n) is 2.01. The summed E-state index contributed by atoms with van der Waals surface area (Å²) in [7, 11) is 0. The zero-order valence-electron chi connectivity index (χ0n) is 12.2. The second-order valence-electron chi connectivity index (χ2n) is 4.82. The molecule has 0 amide bonds. The smallest absolute Gasteiger partial charge is 0.206 e. The van der Waals surface area contributed by atoms with E-state index in [2.05, 4.69) is 20.4 Å². The zero-order chi connectivity index (χ0) is 15.0. The number of benzene rings is 1. The highest BCUT2D eigenvalue weighted by atomic mass is 16.5. The van der Waals surface area contributed by atoms with Gasteiger partial charge in [-0.1, -0.05) is 18.2 Å². The van der Waals surface area contributed by atoms with Gasteiger partial charge in [-0.15, -0.1) is 10.2 Å². The molecule has 0 fully saturated rings. The van der Waals surface area contributed by atoms with E-state index in [4.69, 9.17) is 4.74 Å². The van der Waals surface area contributed by atoms with E-state index >= 15 is 0 Å². The summed E-state index contributed by atoms with van der Waals surface area (Å²) in [5.41, 5.74) is 0.876. The van der Waals surface area contributed by atoms with Crippen molar-refractivity contribution in [1.29, 1.82) is 0 Å². The lowest BCUT2D eigenvalue weighted by molar-refractivity contribution is 0.299. The molecule has 0 aliphatic heterocycles. The zero-order valence-corrected chi connectivity index (χ0v) is 12.2. The maximum Gasteiger partial charge on any atom is 0.206 e. The molecule has 0 radical (unpaired) electrons. The lowest BCUT2D eigenvalue weighted by atomic mass is 10.3. The van der Waals surface area contributed by atoms with Gasteiger partial charge in [0.15, 0.2) is 0 Å². The van der Waals surface area contributed by atoms with E-state index in [0.29, 0.717) is 12.4 Å². The minimum Gasteiger partial charge on any atom is -0.494 e. The quantitative estimate of drug-likeness (QED) is 0.627. The SMILES string of the molecule is c1ccc(OCCCCn2nnc(-c3cccnc3)n2)cc1. The molecule has 0 spiro atoms. The first kappa shape index (κ1) is 14.2. The number of rotatable bonds is 7. The highest BCUT2D eigenvalue weighted by Gasteiger charge is 2.05. The van der Waals surface area contributed by atoms with Gasteiger partial charge in [0.25, 0.3) is 0 Å². The van der Waals surface area contributed by atoms with Gasteiger partial charge in [-0.2, -0.15) is 4.80 Å². The van der Waals surface area contributed by atoms with Crippen LogP contribution in [0.5, 0.6) is 5.75 Å². The lowest BCUT2D eigenvalue weighted by Crippen LogP contribution is -2.05. The predicted octanol–water partition coefficient (Wildman–Crippen LogP) is 2.59. The number of aromatic nitrogens is 5. The first-order chi connectivity index (χ1) is 10.9. The molecule has 0 aliphatic rings. The van der Waals surface area contributed by atoms with Gasteiger partial charge in [0, 0.05) is 18.0 Å². The Labute approximate surface area is 128 Å². The van der Waals surface area contributed by atoms with Crippen LogP contribution in [0.25, 0.3) is 11.4 Å². The monoisotopic (exact) mass is 295 g/mol. The van der Waals surface area contributed by atoms with Gasteiger partial charge >= 0.3 is 0 Å². The van der Waals surface area contributed by atoms with Gasteiger partial charge in [-0.25, -0.2) is 0 Å². The number of tetrazole rings is 1. The van der Waals surface area contributed by atoms with Crippen LogP contribution >= 0.6 is 0 Å². The summed E-state index contributed by atoms with van der Waals surface area (Å²) < 4.78 is 5.64. The molecule has 0 N–H and O–H groups in total. The summed E-state index contributed by atoms with van der Waals surface area (Å²) in [6.45, 7) is 1.42. The molecule has 2 heterocycles. The van der Waals surface area contributed by atoms with Crippen LogP contribution in [0.4, 0.5) is 0 Å². The van der Waals surface area contributed by atoms with Crippen LogP contribution < -0.4 is 4.74 Å². The number of hydrogen-bond donors (Lipinski definition) is 0. The van der Waals surface area contributed by atoms with Gasteiger partial charge in [0.1, 0.15) is 5.75 Å². The van der Waals surface area contributed by atoms with Crippen LogP contribution in [-0.2, 0) is 6.54 Å². The van der Waals surface area contributed by atoms with Crippen molar-refractivity contribution in [2.45, 2.75) is 19.4 Å². The molecule has 6 heteroatoms. The second-order valence-corrected chi connectivity index (χ2v) is 4.82. The number of unbranched alkanes of at least 4 members (excludes halogenated alkanes) is 1. The van der Waals surface area contributed by atoms with Crippen LogP contribution in [-0.4, -0.2) is 31.8 Å². The average molecular weight is 295 g/mol. The molecule has 0 atom stereocenters. The summed E-state index contributed by atoms with van der Waals surface area (Å²) in [6.07, 6.45) is 5.34. The maximum atomic E-state index is 5.64. The second kappa shape index (κ2) is 7.31. The first-order valence-electron chi connectivity index (χ1n) is 7.28. The van der Waals surface area contributed by atoms with Crippen LogP contribution in [0.3, 0.4) is 0 Å². The van der Waals surface area contributed by atoms with Crippen molar-refractivity contribution in [3.8, 4) is 17.1 Å². The Morgan fingerprint density at radius 1 is 1.00 bits per heavy atom. The van der Waals surface area contributed by atoms with Crippen LogP contribution in [0.15, 0.2) is 54.9 Å². The minimum absolute atomic E-state index is 0.605. The molecular formula is C16H17N5O. The van der Waals surface area contributed by atoms with Gasteiger partial charge in [-0.3, -0.25) is 4.98 Å². The van der Waals surface area contributed by atoms with Crippen molar-refractivity contribution in [2.75, 3.05) is 6.61 Å². The molecule has 112 valence electrons. The molecule has 2 aromatic heterocycles. The number of aryl methyl sites for hydroxylation is 1. The van der Waals surface area contributed by atoms with E-state index in [1.807, 2.05) is 42.5 Å². The highest BCUT2D eigenvalue weighted by Crippen LogP contribution is 2.11. The maximum absolute atomic E-state index is 5.64. The molecule has 0 saturated heterocycles. The summed E-state index contributed by atoms with van der Waals surface area (Å²) in [5, 5.41) is 12.4. The molecule has 0 unspecified atom stereocenters. The highest BCUT2D eigenvalue weighted by molar-refractivity contribution is 5.51. The largest absolute Gasteiger partial charge is 0.494 e. The third-order valence-corrected chi connectivity index (χ3v) is 3.14. The fraction of sp³-hybridized carbons (Fsp3) is 0.250. The van der Waals surface area contributed by atoms with Crippen molar-refractivity contribution in [3.05, 3.63) is 54.9 Å². The van der Waals surface area contributed by atoms with Crippen LogP contribution in [0.2, 0.25) is 0 Å². The Kier molecular flexibility index (Phi) is 4.71. The standard InChI is InChI=1S/C16H17N5O/c1-2-8-15(9-3-1)22-12-5-4-11-21-19-16(18-20-21)14-7-6-10-17-13-14/h1-3,6-10,13H,4-5,11-12H2. The summed E-state index contributed by atoms with van der Waals surface area (Å²) in [6, 6.07) is 13.6. The summed E-state index contributed by atoms with van der Waals surface area (Å²) in [4.78, 5) is 5.67. The minimum atomic E-state index is 0.605. The number of para-hydroxylation sites is 1. The Morgan fingerprint density at radius 3 is 2.73 bits per heavy atom. The molecule has 22 heavy (non-hydrogen) atoms. The fourth-order valence-corrected chi connectivity index (χ4v) is 2.01. The Bertz CT molecular complexity index is 684. The van der Waals surface area contributed by atoms with Crippen molar-refractivity contribution < 1.29 is 4.74 Å². The number of ether oxygens (including phenoxy) is 1. The van der Waals surface area contributed by atoms with E-state index < -0.39 is 0 Å². The van der Waals surface area contributed by atoms with Crippen LogP contribution in [0.1, 0.15) is 12.8 Å². The summed E-state index contributed by atoms with van der Waals surface area (Å²) >= 11 is 0. The summed E-state index contributed by atoms with van der Waals surface area (Å²) in [5.74, 6) is 1.51. The molecule has 1 aromatic carbocycles. The Morgan fingerprint density at radius 2 is 1.91 bits per heavy atom. The lowest BCUT2D eigenvalue weighted by Gasteiger charge is -2.05. The van der Waals surface area contributed by atoms with Gasteiger partial charge in [0.2, 0.25) is 5.82 Å². The average Bonchev–Trinajstić information content (AvgIpc) is 3.05. The predicted molar refractivity (Wildman–Crippen MR) is 82.2 cm³/mol. The molecule has 3 aromatic rings. The van der Waals surface area contributed by atoms with E-state index in [9.17, 15) is 0 Å². The van der Waals surface area contributed by atoms with Gasteiger partial charge < -0.3 is 4.74 Å². The van der Waals surface area contributed by atoms with Crippen molar-refractivity contribution in [3.63, 3.8) is 0 Å². The van der Waals surface area contributed by atoms with E-state index in [1.54, 1.807) is 17.2 Å².